The highest BCUT2D eigenvalue weighted by atomic mass is 16.1. The molecule has 2 nitrogen and oxygen atoms in total. The summed E-state index contributed by atoms with van der Waals surface area (Å²) in [5.41, 5.74) is 0. The van der Waals surface area contributed by atoms with Crippen molar-refractivity contribution in [3.63, 3.8) is 0 Å². The Bertz CT molecular complexity index is 277. The smallest absolute Gasteiger partial charge is 0.142 e. The van der Waals surface area contributed by atoms with Crippen molar-refractivity contribution in [2.75, 3.05) is 0 Å². The minimum atomic E-state index is 0.809. The second-order valence-corrected chi connectivity index (χ2v) is 4.04. The number of carbonyl (C=O) groups is 2. The summed E-state index contributed by atoms with van der Waals surface area (Å²) in [6.07, 6.45) is 23.2. The average Bonchev–Trinajstić information content (AvgIpc) is 2.47. The van der Waals surface area contributed by atoms with E-state index in [1.54, 1.807) is 12.2 Å². The van der Waals surface area contributed by atoms with Crippen LogP contribution in [0.25, 0.3) is 0 Å². The van der Waals surface area contributed by atoms with Crippen LogP contribution in [0.15, 0.2) is 48.6 Å². The van der Waals surface area contributed by atoms with Crippen molar-refractivity contribution in [2.24, 2.45) is 0 Å². The SMILES string of the molecule is CC/C=C\CC/C=C/C=O.CCC=CCCC=CC=O. The second kappa shape index (κ2) is 22.5. The van der Waals surface area contributed by atoms with Crippen molar-refractivity contribution >= 4 is 12.6 Å². The van der Waals surface area contributed by atoms with Crippen molar-refractivity contribution in [1.29, 1.82) is 0 Å². The summed E-state index contributed by atoms with van der Waals surface area (Å²) in [5, 5.41) is 0. The van der Waals surface area contributed by atoms with Crippen LogP contribution in [0.3, 0.4) is 0 Å². The number of rotatable bonds is 10. The van der Waals surface area contributed by atoms with Crippen LogP contribution >= 0.6 is 0 Å². The number of hydrogen-bond donors (Lipinski definition) is 0. The molecule has 0 aromatic rings. The minimum Gasteiger partial charge on any atom is -0.299 e. The molecule has 0 heterocycles. The Balaban J connectivity index is 0. The second-order valence-electron chi connectivity index (χ2n) is 4.04. The minimum absolute atomic E-state index is 0.809. The molecule has 0 amide bonds. The van der Waals surface area contributed by atoms with Crippen LogP contribution in [-0.2, 0) is 9.59 Å². The topological polar surface area (TPSA) is 34.1 Å². The molecule has 0 N–H and O–H groups in total. The van der Waals surface area contributed by atoms with E-state index < -0.39 is 0 Å². The van der Waals surface area contributed by atoms with E-state index in [9.17, 15) is 9.59 Å². The number of allylic oxidation sites excluding steroid dienone is 8. The Morgan fingerprint density at radius 3 is 1.20 bits per heavy atom. The molecule has 2 heteroatoms. The summed E-state index contributed by atoms with van der Waals surface area (Å²) in [4.78, 5) is 19.6. The first-order chi connectivity index (χ1) is 9.83. The highest BCUT2D eigenvalue weighted by molar-refractivity contribution is 5.64. The lowest BCUT2D eigenvalue weighted by Gasteiger charge is -1.83. The summed E-state index contributed by atoms with van der Waals surface area (Å²) in [6.45, 7) is 4.22. The first-order valence-corrected chi connectivity index (χ1v) is 7.34. The molecule has 0 radical (unpaired) electrons. The highest BCUT2D eigenvalue weighted by Crippen LogP contribution is 1.93. The first kappa shape index (κ1) is 20.6. The monoisotopic (exact) mass is 276 g/mol. The Kier molecular flexibility index (Phi) is 23.2. The van der Waals surface area contributed by atoms with Gasteiger partial charge in [-0.15, -0.1) is 0 Å². The molecule has 0 fully saturated rings. The van der Waals surface area contributed by atoms with E-state index in [0.29, 0.717) is 0 Å². The van der Waals surface area contributed by atoms with Gasteiger partial charge in [0.15, 0.2) is 0 Å². The zero-order chi connectivity index (χ0) is 15.3. The molecule has 0 aliphatic rings. The average molecular weight is 276 g/mol. The predicted octanol–water partition coefficient (Wildman–Crippen LogP) is 4.98. The zero-order valence-corrected chi connectivity index (χ0v) is 12.8. The van der Waals surface area contributed by atoms with E-state index in [1.165, 1.54) is 0 Å². The Hall–Kier alpha value is -1.70. The Morgan fingerprint density at radius 1 is 0.550 bits per heavy atom. The third-order valence-corrected chi connectivity index (χ3v) is 2.23. The molecule has 20 heavy (non-hydrogen) atoms. The summed E-state index contributed by atoms with van der Waals surface area (Å²) in [7, 11) is 0. The largest absolute Gasteiger partial charge is 0.299 e. The molecule has 0 saturated carbocycles. The molecule has 0 aliphatic heterocycles. The van der Waals surface area contributed by atoms with Crippen LogP contribution in [0.5, 0.6) is 0 Å². The number of aldehydes is 2. The standard InChI is InChI=1S/2C9H14O/c2*1-2-3-4-5-6-7-8-9-10/h2*3-4,7-9H,2,5-6H2,1H3/b4-3-,8-7+;. The van der Waals surface area contributed by atoms with Gasteiger partial charge in [0.05, 0.1) is 0 Å². The third-order valence-electron chi connectivity index (χ3n) is 2.23. The molecule has 112 valence electrons. The molecule has 0 rings (SSSR count). The molecule has 0 bridgehead atoms. The lowest BCUT2D eigenvalue weighted by atomic mass is 10.2. The molecule has 0 aromatic carbocycles. The van der Waals surface area contributed by atoms with E-state index in [4.69, 9.17) is 0 Å². The van der Waals surface area contributed by atoms with Crippen LogP contribution in [0.4, 0.5) is 0 Å². The van der Waals surface area contributed by atoms with Crippen molar-refractivity contribution < 1.29 is 9.59 Å². The summed E-state index contributed by atoms with van der Waals surface area (Å²) < 4.78 is 0. The summed E-state index contributed by atoms with van der Waals surface area (Å²) in [6, 6.07) is 0. The van der Waals surface area contributed by atoms with Gasteiger partial charge in [-0.05, 0) is 50.7 Å². The molecule has 0 aromatic heterocycles. The van der Waals surface area contributed by atoms with Crippen LogP contribution < -0.4 is 0 Å². The maximum absolute atomic E-state index is 9.79. The van der Waals surface area contributed by atoms with Gasteiger partial charge in [0.1, 0.15) is 12.6 Å². The van der Waals surface area contributed by atoms with Crippen LogP contribution in [-0.4, -0.2) is 12.6 Å². The molecular formula is C18H28O2. The Labute approximate surface area is 124 Å². The van der Waals surface area contributed by atoms with Gasteiger partial charge in [0.2, 0.25) is 0 Å². The predicted molar refractivity (Wildman–Crippen MR) is 87.7 cm³/mol. The van der Waals surface area contributed by atoms with Crippen molar-refractivity contribution in [3.05, 3.63) is 48.6 Å². The highest BCUT2D eigenvalue weighted by Gasteiger charge is 1.74. The van der Waals surface area contributed by atoms with Gasteiger partial charge >= 0.3 is 0 Å². The molecule has 0 unspecified atom stereocenters. The van der Waals surface area contributed by atoms with E-state index >= 15 is 0 Å². The van der Waals surface area contributed by atoms with Crippen LogP contribution in [0, 0.1) is 0 Å². The normalized spacial score (nSPS) is 11.3. The van der Waals surface area contributed by atoms with Gasteiger partial charge < -0.3 is 0 Å². The van der Waals surface area contributed by atoms with Crippen molar-refractivity contribution in [3.8, 4) is 0 Å². The van der Waals surface area contributed by atoms with Crippen molar-refractivity contribution in [1.82, 2.24) is 0 Å². The van der Waals surface area contributed by atoms with E-state index in [-0.39, 0.29) is 0 Å². The van der Waals surface area contributed by atoms with E-state index in [0.717, 1.165) is 51.1 Å². The molecule has 0 saturated heterocycles. The summed E-state index contributed by atoms with van der Waals surface area (Å²) >= 11 is 0. The van der Waals surface area contributed by atoms with E-state index in [2.05, 4.69) is 38.2 Å². The maximum atomic E-state index is 9.79. The summed E-state index contributed by atoms with van der Waals surface area (Å²) in [5.74, 6) is 0. The van der Waals surface area contributed by atoms with Gasteiger partial charge in [0.25, 0.3) is 0 Å². The Morgan fingerprint density at radius 2 is 0.900 bits per heavy atom. The van der Waals surface area contributed by atoms with Gasteiger partial charge in [-0.3, -0.25) is 9.59 Å². The fourth-order valence-electron chi connectivity index (χ4n) is 1.26. The molecular weight excluding hydrogens is 248 g/mol. The van der Waals surface area contributed by atoms with Gasteiger partial charge in [-0.2, -0.15) is 0 Å². The van der Waals surface area contributed by atoms with Gasteiger partial charge in [0, 0.05) is 0 Å². The fraction of sp³-hybridized carbons (Fsp3) is 0.444. The van der Waals surface area contributed by atoms with Crippen molar-refractivity contribution in [2.45, 2.75) is 52.4 Å². The van der Waals surface area contributed by atoms with Gasteiger partial charge in [-0.1, -0.05) is 50.3 Å². The molecule has 0 aliphatic carbocycles. The lowest BCUT2D eigenvalue weighted by Crippen LogP contribution is -1.65. The third kappa shape index (κ3) is 25.2. The maximum Gasteiger partial charge on any atom is 0.142 e. The van der Waals surface area contributed by atoms with Crippen LogP contribution in [0.2, 0.25) is 0 Å². The van der Waals surface area contributed by atoms with Crippen LogP contribution in [0.1, 0.15) is 52.4 Å². The lowest BCUT2D eigenvalue weighted by molar-refractivity contribution is -0.104. The van der Waals surface area contributed by atoms with Gasteiger partial charge in [-0.25, -0.2) is 0 Å². The number of unbranched alkanes of at least 4 members (excludes halogenated alkanes) is 2. The fourth-order valence-corrected chi connectivity index (χ4v) is 1.26. The number of carbonyl (C=O) groups excluding carboxylic acids is 2. The number of hydrogen-bond acceptors (Lipinski definition) is 2. The van der Waals surface area contributed by atoms with E-state index in [1.807, 2.05) is 12.2 Å². The molecule has 0 atom stereocenters. The quantitative estimate of drug-likeness (QED) is 0.244. The first-order valence-electron chi connectivity index (χ1n) is 7.34. The molecule has 0 spiro atoms. The zero-order valence-electron chi connectivity index (χ0n) is 12.8.